The van der Waals surface area contributed by atoms with E-state index in [1.807, 2.05) is 30.3 Å². The van der Waals surface area contributed by atoms with Crippen molar-refractivity contribution in [2.75, 3.05) is 7.11 Å². The summed E-state index contributed by atoms with van der Waals surface area (Å²) in [7, 11) is 13.6. The van der Waals surface area contributed by atoms with E-state index in [-0.39, 0.29) is 17.0 Å². The van der Waals surface area contributed by atoms with Crippen LogP contribution >= 0.6 is 36.4 Å². The van der Waals surface area contributed by atoms with Crippen LogP contribution in [0.2, 0.25) is 0 Å². The van der Waals surface area contributed by atoms with E-state index < -0.39 is 13.2 Å². The molecule has 72 valence electrons. The molecule has 1 aromatic carbocycles. The van der Waals surface area contributed by atoms with Crippen molar-refractivity contribution in [1.29, 1.82) is 0 Å². The van der Waals surface area contributed by atoms with Gasteiger partial charge in [-0.3, -0.25) is 0 Å². The fourth-order valence-electron chi connectivity index (χ4n) is 1.08. The molecule has 1 rings (SSSR count). The van der Waals surface area contributed by atoms with E-state index >= 15 is 0 Å². The van der Waals surface area contributed by atoms with Gasteiger partial charge in [-0.15, -0.1) is 17.0 Å². The van der Waals surface area contributed by atoms with E-state index in [1.54, 1.807) is 7.11 Å². The van der Waals surface area contributed by atoms with E-state index in [0.717, 1.165) is 5.56 Å². The van der Waals surface area contributed by atoms with Gasteiger partial charge in [-0.1, -0.05) is 0 Å². The Labute approximate surface area is 100 Å². The van der Waals surface area contributed by atoms with E-state index in [0.29, 0.717) is 5.02 Å². The Morgan fingerprint density at radius 1 is 1.23 bits per heavy atom. The van der Waals surface area contributed by atoms with E-state index in [1.165, 1.54) is 0 Å². The van der Waals surface area contributed by atoms with Crippen molar-refractivity contribution in [1.82, 2.24) is 0 Å². The molecular formula is C8H11BrCl2OZn. The summed E-state index contributed by atoms with van der Waals surface area (Å²) in [6.07, 6.45) is 0. The van der Waals surface area contributed by atoms with Crippen LogP contribution in [0.25, 0.3) is 0 Å². The van der Waals surface area contributed by atoms with Crippen molar-refractivity contribution < 1.29 is 16.7 Å². The molecular weight excluding hydrogens is 328 g/mol. The van der Waals surface area contributed by atoms with Crippen LogP contribution in [0.15, 0.2) is 30.3 Å². The molecule has 0 aromatic heterocycles. The summed E-state index contributed by atoms with van der Waals surface area (Å²) < 4.78 is 5.09. The molecule has 0 spiro atoms. The fraction of sp³-hybridized carbons (Fsp3) is 0.250. The van der Waals surface area contributed by atoms with Crippen LogP contribution in [-0.4, -0.2) is 7.11 Å². The Morgan fingerprint density at radius 2 is 1.77 bits per heavy atom. The van der Waals surface area contributed by atoms with Crippen LogP contribution in [0.5, 0.6) is 0 Å². The molecule has 1 nitrogen and oxygen atoms in total. The molecule has 13 heavy (non-hydrogen) atoms. The second kappa shape index (κ2) is 6.37. The second-order valence-electron chi connectivity index (χ2n) is 2.93. The number of hydrogen-bond donors (Lipinski definition) is 0. The van der Waals surface area contributed by atoms with E-state index in [4.69, 9.17) is 22.9 Å². The van der Waals surface area contributed by atoms with Crippen LogP contribution in [-0.2, 0) is 21.7 Å². The maximum absolute atomic E-state index is 6.02. The topological polar surface area (TPSA) is 9.23 Å². The van der Waals surface area contributed by atoms with Crippen molar-refractivity contribution >= 4 is 36.4 Å². The van der Waals surface area contributed by atoms with E-state index in [2.05, 4.69) is 0 Å². The van der Waals surface area contributed by atoms with Crippen LogP contribution in [0, 0.1) is 0 Å². The van der Waals surface area contributed by atoms with Gasteiger partial charge < -0.3 is 0 Å². The first-order valence-electron chi connectivity index (χ1n) is 4.00. The molecule has 0 heterocycles. The Morgan fingerprint density at radius 3 is 2.23 bits per heavy atom. The number of benzene rings is 1. The summed E-state index contributed by atoms with van der Waals surface area (Å²) >= 11 is -3.26. The quantitative estimate of drug-likeness (QED) is 0.762. The molecule has 0 aliphatic carbocycles. The number of halogens is 3. The van der Waals surface area contributed by atoms with Crippen molar-refractivity contribution in [3.63, 3.8) is 0 Å². The zero-order valence-electron chi connectivity index (χ0n) is 7.37. The predicted octanol–water partition coefficient (Wildman–Crippen LogP) is 3.79. The Balaban J connectivity index is 0.00000144. The van der Waals surface area contributed by atoms with Gasteiger partial charge in [0, 0.05) is 0 Å². The molecule has 0 saturated carbocycles. The van der Waals surface area contributed by atoms with Gasteiger partial charge in [0.1, 0.15) is 0 Å². The third-order valence-corrected chi connectivity index (χ3v) is 10.3. The minimum absolute atomic E-state index is 0. The third-order valence-electron chi connectivity index (χ3n) is 1.84. The van der Waals surface area contributed by atoms with Crippen LogP contribution in [0.3, 0.4) is 0 Å². The molecule has 0 radical (unpaired) electrons. The molecule has 1 aromatic rings. The molecule has 0 fully saturated rings. The maximum atomic E-state index is 6.02. The van der Waals surface area contributed by atoms with Crippen molar-refractivity contribution in [3.05, 3.63) is 35.9 Å². The molecule has 0 bridgehead atoms. The van der Waals surface area contributed by atoms with Crippen molar-refractivity contribution in [3.8, 4) is 0 Å². The van der Waals surface area contributed by atoms with Gasteiger partial charge >= 0.3 is 84.1 Å². The molecule has 0 aliphatic heterocycles. The third kappa shape index (κ3) is 5.34. The molecule has 0 unspecified atom stereocenters. The summed E-state index contributed by atoms with van der Waals surface area (Å²) in [4.78, 5) is 0. The summed E-state index contributed by atoms with van der Waals surface area (Å²) in [5.74, 6) is 0. The van der Waals surface area contributed by atoms with Gasteiger partial charge in [-0.2, -0.15) is 0 Å². The van der Waals surface area contributed by atoms with Crippen LogP contribution in [0.4, 0.5) is 0 Å². The Bertz CT molecular complexity index is 243. The molecule has 0 amide bonds. The average molecular weight is 339 g/mol. The van der Waals surface area contributed by atoms with E-state index in [9.17, 15) is 0 Å². The molecule has 5 heteroatoms. The summed E-state index contributed by atoms with van der Waals surface area (Å²) in [5.41, 5.74) is 1.16. The molecule has 0 saturated heterocycles. The zero-order valence-corrected chi connectivity index (χ0v) is 13.6. The summed E-state index contributed by atoms with van der Waals surface area (Å²) in [6.45, 7) is 0. The fourth-order valence-corrected chi connectivity index (χ4v) is 5.89. The monoisotopic (exact) mass is 336 g/mol. The zero-order chi connectivity index (χ0) is 9.03. The first kappa shape index (κ1) is 13.9. The average Bonchev–Trinajstić information content (AvgIpc) is 2.06. The molecule has 0 aliphatic rings. The second-order valence-corrected chi connectivity index (χ2v) is 19.4. The summed E-state index contributed by atoms with van der Waals surface area (Å²) in [5, 5.41) is 0.712. The SMILES string of the molecule is Br.C[O][Zn]([Cl])([Cl])[CH2]c1ccccc1. The first-order valence-corrected chi connectivity index (χ1v) is 15.1. The molecule has 0 N–H and O–H groups in total. The number of hydrogen-bond acceptors (Lipinski definition) is 1. The van der Waals surface area contributed by atoms with Crippen molar-refractivity contribution in [2.24, 2.45) is 0 Å². The first-order chi connectivity index (χ1) is 5.64. The Kier molecular flexibility index (Phi) is 6.79. The van der Waals surface area contributed by atoms with Gasteiger partial charge in [-0.05, 0) is 0 Å². The van der Waals surface area contributed by atoms with Gasteiger partial charge in [0.05, 0.1) is 0 Å². The molecule has 0 atom stereocenters. The standard InChI is InChI=1S/C7H7.CH3O.BrH.2ClH.Zn/c1-7-5-3-2-4-6-7;1-2;;;;/h2-6H,1H2;1H3;3*1H;/q;-1;;;;+3/p-2. The summed E-state index contributed by atoms with van der Waals surface area (Å²) in [6, 6.07) is 9.94. The normalized spacial score (nSPS) is 9.46. The predicted molar refractivity (Wildman–Crippen MR) is 59.2 cm³/mol. The minimum atomic E-state index is -3.26. The Hall–Kier alpha value is 0.863. The van der Waals surface area contributed by atoms with Gasteiger partial charge in [0.25, 0.3) is 0 Å². The van der Waals surface area contributed by atoms with Crippen molar-refractivity contribution in [2.45, 2.75) is 5.02 Å². The van der Waals surface area contributed by atoms with Crippen LogP contribution in [0.1, 0.15) is 5.56 Å². The van der Waals surface area contributed by atoms with Gasteiger partial charge in [0.15, 0.2) is 0 Å². The van der Waals surface area contributed by atoms with Gasteiger partial charge in [0.2, 0.25) is 0 Å². The van der Waals surface area contributed by atoms with Gasteiger partial charge in [-0.25, -0.2) is 0 Å². The number of rotatable bonds is 3. The van der Waals surface area contributed by atoms with Crippen LogP contribution < -0.4 is 0 Å².